The third-order valence-electron chi connectivity index (χ3n) is 1.82. The predicted molar refractivity (Wildman–Crippen MR) is 53.8 cm³/mol. The molecule has 1 aromatic heterocycles. The molecule has 76 valence electrons. The summed E-state index contributed by atoms with van der Waals surface area (Å²) in [4.78, 5) is 10.5. The van der Waals surface area contributed by atoms with Crippen molar-refractivity contribution >= 4 is 6.09 Å². The molecule has 1 heterocycles. The number of ether oxygens (including phenoxy) is 1. The van der Waals surface area contributed by atoms with E-state index in [0.29, 0.717) is 5.75 Å². The van der Waals surface area contributed by atoms with Gasteiger partial charge in [0.1, 0.15) is 5.75 Å². The maximum Gasteiger partial charge on any atom is 0.409 e. The number of carbonyl (C=O) groups excluding carboxylic acids is 1. The van der Waals surface area contributed by atoms with Gasteiger partial charge in [0.15, 0.2) is 0 Å². The standard InChI is InChI=1S/C10H9N3O2/c11-10(14)15-9-4-2-8(3-5-9)13-7-1-6-12-13/h1-7H,(H2,11,14). The molecular weight excluding hydrogens is 194 g/mol. The zero-order valence-corrected chi connectivity index (χ0v) is 7.83. The number of benzene rings is 1. The van der Waals surface area contributed by atoms with Crippen LogP contribution >= 0.6 is 0 Å². The molecule has 0 bridgehead atoms. The van der Waals surface area contributed by atoms with Crippen LogP contribution in [0.15, 0.2) is 42.7 Å². The summed E-state index contributed by atoms with van der Waals surface area (Å²) < 4.78 is 6.40. The Morgan fingerprint density at radius 1 is 1.33 bits per heavy atom. The van der Waals surface area contributed by atoms with Crippen LogP contribution in [0.3, 0.4) is 0 Å². The van der Waals surface area contributed by atoms with Gasteiger partial charge in [-0.1, -0.05) is 0 Å². The molecule has 2 aromatic rings. The lowest BCUT2D eigenvalue weighted by Crippen LogP contribution is -2.16. The summed E-state index contributed by atoms with van der Waals surface area (Å²) in [5, 5.41) is 4.06. The Hall–Kier alpha value is -2.30. The number of rotatable bonds is 2. The van der Waals surface area contributed by atoms with Crippen molar-refractivity contribution < 1.29 is 9.53 Å². The van der Waals surface area contributed by atoms with Crippen LogP contribution in [0.25, 0.3) is 5.69 Å². The minimum atomic E-state index is -0.818. The van der Waals surface area contributed by atoms with Crippen LogP contribution in [-0.2, 0) is 0 Å². The Balaban J connectivity index is 2.21. The summed E-state index contributed by atoms with van der Waals surface area (Å²) in [6.45, 7) is 0. The molecule has 15 heavy (non-hydrogen) atoms. The van der Waals surface area contributed by atoms with Crippen molar-refractivity contribution in [3.8, 4) is 11.4 Å². The summed E-state index contributed by atoms with van der Waals surface area (Å²) in [7, 11) is 0. The van der Waals surface area contributed by atoms with Crippen LogP contribution in [-0.4, -0.2) is 15.9 Å². The van der Waals surface area contributed by atoms with Crippen molar-refractivity contribution in [1.29, 1.82) is 0 Å². The molecule has 1 amide bonds. The molecule has 0 spiro atoms. The average Bonchev–Trinajstić information content (AvgIpc) is 2.71. The highest BCUT2D eigenvalue weighted by molar-refractivity contribution is 5.68. The Morgan fingerprint density at radius 3 is 2.60 bits per heavy atom. The lowest BCUT2D eigenvalue weighted by molar-refractivity contribution is 0.211. The fraction of sp³-hybridized carbons (Fsp3) is 0. The largest absolute Gasteiger partial charge is 0.411 e. The van der Waals surface area contributed by atoms with Crippen molar-refractivity contribution in [3.63, 3.8) is 0 Å². The van der Waals surface area contributed by atoms with Gasteiger partial charge in [-0.3, -0.25) is 0 Å². The first-order valence-electron chi connectivity index (χ1n) is 4.33. The van der Waals surface area contributed by atoms with E-state index in [0.717, 1.165) is 5.69 Å². The number of hydrogen-bond donors (Lipinski definition) is 1. The SMILES string of the molecule is NC(=O)Oc1ccc(-n2cccn2)cc1. The molecule has 5 heteroatoms. The van der Waals surface area contributed by atoms with E-state index in [2.05, 4.69) is 5.10 Å². The Morgan fingerprint density at radius 2 is 2.07 bits per heavy atom. The fourth-order valence-corrected chi connectivity index (χ4v) is 1.20. The Labute approximate surface area is 86.1 Å². The van der Waals surface area contributed by atoms with E-state index in [-0.39, 0.29) is 0 Å². The molecule has 0 aliphatic carbocycles. The minimum Gasteiger partial charge on any atom is -0.411 e. The van der Waals surface area contributed by atoms with E-state index in [4.69, 9.17) is 10.5 Å². The van der Waals surface area contributed by atoms with Gasteiger partial charge < -0.3 is 10.5 Å². The van der Waals surface area contributed by atoms with Gasteiger partial charge in [-0.15, -0.1) is 0 Å². The summed E-state index contributed by atoms with van der Waals surface area (Å²) in [5.74, 6) is 0.415. The van der Waals surface area contributed by atoms with Crippen molar-refractivity contribution in [2.24, 2.45) is 5.73 Å². The first-order valence-corrected chi connectivity index (χ1v) is 4.33. The third-order valence-corrected chi connectivity index (χ3v) is 1.82. The zero-order chi connectivity index (χ0) is 10.7. The molecule has 0 atom stereocenters. The van der Waals surface area contributed by atoms with E-state index in [1.807, 2.05) is 12.3 Å². The quantitative estimate of drug-likeness (QED) is 0.800. The molecule has 5 nitrogen and oxygen atoms in total. The second-order valence-electron chi connectivity index (χ2n) is 2.87. The third kappa shape index (κ3) is 2.14. The normalized spacial score (nSPS) is 9.87. The fourth-order valence-electron chi connectivity index (χ4n) is 1.20. The molecule has 0 saturated carbocycles. The van der Waals surface area contributed by atoms with Crippen molar-refractivity contribution in [3.05, 3.63) is 42.7 Å². The molecular formula is C10H9N3O2. The summed E-state index contributed by atoms with van der Waals surface area (Å²) >= 11 is 0. The average molecular weight is 203 g/mol. The monoisotopic (exact) mass is 203 g/mol. The number of hydrogen-bond acceptors (Lipinski definition) is 3. The summed E-state index contributed by atoms with van der Waals surface area (Å²) in [5.41, 5.74) is 5.76. The van der Waals surface area contributed by atoms with Crippen LogP contribution in [0.5, 0.6) is 5.75 Å². The number of amides is 1. The van der Waals surface area contributed by atoms with Gasteiger partial charge in [-0.2, -0.15) is 5.10 Å². The number of aromatic nitrogens is 2. The molecule has 2 N–H and O–H groups in total. The molecule has 0 aliphatic rings. The Kier molecular flexibility index (Phi) is 2.37. The highest BCUT2D eigenvalue weighted by Gasteiger charge is 1.99. The van der Waals surface area contributed by atoms with Crippen LogP contribution in [0, 0.1) is 0 Å². The maximum atomic E-state index is 10.5. The van der Waals surface area contributed by atoms with Crippen LogP contribution < -0.4 is 10.5 Å². The molecule has 2 rings (SSSR count). The highest BCUT2D eigenvalue weighted by atomic mass is 16.5. The van der Waals surface area contributed by atoms with Crippen molar-refractivity contribution in [2.75, 3.05) is 0 Å². The van der Waals surface area contributed by atoms with Gasteiger partial charge in [-0.25, -0.2) is 9.48 Å². The van der Waals surface area contributed by atoms with Gasteiger partial charge in [0.25, 0.3) is 0 Å². The van der Waals surface area contributed by atoms with Crippen LogP contribution in [0.1, 0.15) is 0 Å². The van der Waals surface area contributed by atoms with Gasteiger partial charge in [0, 0.05) is 12.4 Å². The maximum absolute atomic E-state index is 10.5. The zero-order valence-electron chi connectivity index (χ0n) is 7.83. The van der Waals surface area contributed by atoms with E-state index < -0.39 is 6.09 Å². The Bertz CT molecular complexity index is 448. The minimum absolute atomic E-state index is 0.415. The van der Waals surface area contributed by atoms with Crippen LogP contribution in [0.4, 0.5) is 4.79 Å². The lowest BCUT2D eigenvalue weighted by atomic mass is 10.3. The van der Waals surface area contributed by atoms with E-state index in [1.54, 1.807) is 35.1 Å². The first-order chi connectivity index (χ1) is 7.25. The predicted octanol–water partition coefficient (Wildman–Crippen LogP) is 1.33. The van der Waals surface area contributed by atoms with E-state index in [9.17, 15) is 4.79 Å². The van der Waals surface area contributed by atoms with E-state index in [1.165, 1.54) is 0 Å². The number of nitrogens with zero attached hydrogens (tertiary/aromatic N) is 2. The van der Waals surface area contributed by atoms with Gasteiger partial charge >= 0.3 is 6.09 Å². The van der Waals surface area contributed by atoms with E-state index >= 15 is 0 Å². The topological polar surface area (TPSA) is 70.1 Å². The smallest absolute Gasteiger partial charge is 0.409 e. The molecule has 0 aliphatic heterocycles. The second-order valence-corrected chi connectivity index (χ2v) is 2.87. The first kappa shape index (κ1) is 9.26. The number of primary amides is 1. The van der Waals surface area contributed by atoms with Crippen molar-refractivity contribution in [2.45, 2.75) is 0 Å². The van der Waals surface area contributed by atoms with Gasteiger partial charge in [-0.05, 0) is 30.3 Å². The van der Waals surface area contributed by atoms with Crippen LogP contribution in [0.2, 0.25) is 0 Å². The molecule has 0 fully saturated rings. The van der Waals surface area contributed by atoms with Gasteiger partial charge in [0.05, 0.1) is 5.69 Å². The molecule has 0 unspecified atom stereocenters. The summed E-state index contributed by atoms with van der Waals surface area (Å²) in [6.07, 6.45) is 2.69. The lowest BCUT2D eigenvalue weighted by Gasteiger charge is -2.03. The molecule has 1 aromatic carbocycles. The summed E-state index contributed by atoms with van der Waals surface area (Å²) in [6, 6.07) is 8.70. The number of carbonyl (C=O) groups is 1. The van der Waals surface area contributed by atoms with Crippen molar-refractivity contribution in [1.82, 2.24) is 9.78 Å². The highest BCUT2D eigenvalue weighted by Crippen LogP contribution is 2.14. The molecule has 0 saturated heterocycles. The van der Waals surface area contributed by atoms with Gasteiger partial charge in [0.2, 0.25) is 0 Å². The second kappa shape index (κ2) is 3.83. The molecule has 0 radical (unpaired) electrons. The number of nitrogens with two attached hydrogens (primary N) is 1.